The number of benzene rings is 2. The Kier molecular flexibility index (Phi) is 3.67. The van der Waals surface area contributed by atoms with E-state index >= 15 is 0 Å². The number of rotatable bonds is 4. The molecular weight excluding hydrogens is 277 g/mol. The van der Waals surface area contributed by atoms with E-state index in [9.17, 15) is 4.39 Å². The zero-order chi connectivity index (χ0) is 13.9. The van der Waals surface area contributed by atoms with Crippen LogP contribution in [0.1, 0.15) is 11.4 Å². The quantitative estimate of drug-likeness (QED) is 0.770. The van der Waals surface area contributed by atoms with Crippen LogP contribution in [-0.4, -0.2) is 9.97 Å². The molecule has 0 aliphatic heterocycles. The number of hydrogen-bond donors (Lipinski definition) is 2. The Morgan fingerprint density at radius 2 is 1.95 bits per heavy atom. The largest absolute Gasteiger partial charge is 0.341 e. The summed E-state index contributed by atoms with van der Waals surface area (Å²) in [7, 11) is 0. The fraction of sp³-hybridized carbons (Fsp3) is 0.133. The molecule has 1 heterocycles. The van der Waals surface area contributed by atoms with Crippen LogP contribution >= 0.6 is 11.6 Å². The molecular formula is C15H13ClFN3. The van der Waals surface area contributed by atoms with Crippen molar-refractivity contribution in [2.45, 2.75) is 13.1 Å². The molecule has 102 valence electrons. The van der Waals surface area contributed by atoms with Crippen molar-refractivity contribution in [2.75, 3.05) is 0 Å². The molecule has 0 saturated carbocycles. The fourth-order valence-electron chi connectivity index (χ4n) is 2.10. The van der Waals surface area contributed by atoms with Gasteiger partial charge in [0.25, 0.3) is 0 Å². The average Bonchev–Trinajstić information content (AvgIpc) is 2.84. The molecule has 20 heavy (non-hydrogen) atoms. The first kappa shape index (κ1) is 13.1. The van der Waals surface area contributed by atoms with Crippen molar-refractivity contribution in [3.8, 4) is 0 Å². The van der Waals surface area contributed by atoms with E-state index in [1.165, 1.54) is 6.07 Å². The summed E-state index contributed by atoms with van der Waals surface area (Å²) in [5, 5.41) is 3.57. The Hall–Kier alpha value is -1.91. The van der Waals surface area contributed by atoms with E-state index in [4.69, 9.17) is 11.6 Å². The lowest BCUT2D eigenvalue weighted by atomic mass is 10.2. The van der Waals surface area contributed by atoms with Crippen molar-refractivity contribution >= 4 is 22.6 Å². The SMILES string of the molecule is Fc1cccc(Cl)c1CNCc1nc2ccccc2[nH]1. The summed E-state index contributed by atoms with van der Waals surface area (Å²) >= 11 is 5.97. The highest BCUT2D eigenvalue weighted by Crippen LogP contribution is 2.18. The summed E-state index contributed by atoms with van der Waals surface area (Å²) < 4.78 is 13.6. The third kappa shape index (κ3) is 2.66. The van der Waals surface area contributed by atoms with Crippen LogP contribution in [0.15, 0.2) is 42.5 Å². The van der Waals surface area contributed by atoms with Gasteiger partial charge in [0, 0.05) is 17.1 Å². The van der Waals surface area contributed by atoms with Gasteiger partial charge in [-0.3, -0.25) is 0 Å². The monoisotopic (exact) mass is 289 g/mol. The molecule has 0 radical (unpaired) electrons. The van der Waals surface area contributed by atoms with E-state index in [-0.39, 0.29) is 5.82 Å². The normalized spacial score (nSPS) is 11.1. The van der Waals surface area contributed by atoms with Crippen molar-refractivity contribution in [3.05, 3.63) is 64.7 Å². The van der Waals surface area contributed by atoms with Gasteiger partial charge in [0.1, 0.15) is 11.6 Å². The predicted molar refractivity (Wildman–Crippen MR) is 78.0 cm³/mol. The zero-order valence-electron chi connectivity index (χ0n) is 10.7. The van der Waals surface area contributed by atoms with Gasteiger partial charge >= 0.3 is 0 Å². The lowest BCUT2D eigenvalue weighted by Gasteiger charge is -2.06. The van der Waals surface area contributed by atoms with Crippen LogP contribution in [0.2, 0.25) is 5.02 Å². The van der Waals surface area contributed by atoms with Crippen LogP contribution in [0.5, 0.6) is 0 Å². The number of nitrogens with zero attached hydrogens (tertiary/aromatic N) is 1. The third-order valence-corrected chi connectivity index (χ3v) is 3.45. The first-order valence-corrected chi connectivity index (χ1v) is 6.69. The number of hydrogen-bond acceptors (Lipinski definition) is 2. The van der Waals surface area contributed by atoms with Crippen LogP contribution in [-0.2, 0) is 13.1 Å². The molecule has 2 aromatic carbocycles. The van der Waals surface area contributed by atoms with Gasteiger partial charge in [-0.05, 0) is 24.3 Å². The van der Waals surface area contributed by atoms with Crippen molar-refractivity contribution < 1.29 is 4.39 Å². The maximum Gasteiger partial charge on any atom is 0.129 e. The molecule has 0 saturated heterocycles. The second-order valence-corrected chi connectivity index (χ2v) is 4.91. The van der Waals surface area contributed by atoms with Gasteiger partial charge in [-0.1, -0.05) is 29.8 Å². The van der Waals surface area contributed by atoms with Crippen LogP contribution in [0.3, 0.4) is 0 Å². The number of H-pyrrole nitrogens is 1. The van der Waals surface area contributed by atoms with Crippen molar-refractivity contribution in [2.24, 2.45) is 0 Å². The molecule has 0 unspecified atom stereocenters. The van der Waals surface area contributed by atoms with E-state index in [1.807, 2.05) is 24.3 Å². The number of fused-ring (bicyclic) bond motifs is 1. The molecule has 0 atom stereocenters. The van der Waals surface area contributed by atoms with E-state index in [1.54, 1.807) is 12.1 Å². The lowest BCUT2D eigenvalue weighted by molar-refractivity contribution is 0.584. The Bertz CT molecular complexity index is 686. The van der Waals surface area contributed by atoms with Crippen LogP contribution in [0.25, 0.3) is 11.0 Å². The summed E-state index contributed by atoms with van der Waals surface area (Å²) in [6, 6.07) is 12.5. The summed E-state index contributed by atoms with van der Waals surface area (Å²) in [6.45, 7) is 0.891. The van der Waals surface area contributed by atoms with Crippen molar-refractivity contribution in [1.82, 2.24) is 15.3 Å². The van der Waals surface area contributed by atoms with Gasteiger partial charge in [0.2, 0.25) is 0 Å². The number of aromatic nitrogens is 2. The topological polar surface area (TPSA) is 40.7 Å². The first-order valence-electron chi connectivity index (χ1n) is 6.31. The van der Waals surface area contributed by atoms with Gasteiger partial charge in [-0.25, -0.2) is 9.37 Å². The fourth-order valence-corrected chi connectivity index (χ4v) is 2.33. The lowest BCUT2D eigenvalue weighted by Crippen LogP contribution is -2.15. The zero-order valence-corrected chi connectivity index (χ0v) is 11.4. The van der Waals surface area contributed by atoms with E-state index in [2.05, 4.69) is 15.3 Å². The van der Waals surface area contributed by atoms with Gasteiger partial charge in [0.15, 0.2) is 0 Å². The summed E-state index contributed by atoms with van der Waals surface area (Å²) in [4.78, 5) is 7.65. The minimum Gasteiger partial charge on any atom is -0.341 e. The smallest absolute Gasteiger partial charge is 0.129 e. The summed E-state index contributed by atoms with van der Waals surface area (Å²) in [5.41, 5.74) is 2.40. The van der Waals surface area contributed by atoms with Crippen LogP contribution in [0, 0.1) is 5.82 Å². The maximum atomic E-state index is 13.6. The molecule has 3 nitrogen and oxygen atoms in total. The Labute approximate surface area is 120 Å². The van der Waals surface area contributed by atoms with Crippen LogP contribution < -0.4 is 5.32 Å². The number of nitrogens with one attached hydrogen (secondary N) is 2. The molecule has 5 heteroatoms. The molecule has 0 bridgehead atoms. The molecule has 0 spiro atoms. The minimum absolute atomic E-state index is 0.297. The standard InChI is InChI=1S/C15H13ClFN3/c16-11-4-3-5-12(17)10(11)8-18-9-15-19-13-6-1-2-7-14(13)20-15/h1-7,18H,8-9H2,(H,19,20). The maximum absolute atomic E-state index is 13.6. The predicted octanol–water partition coefficient (Wildman–Crippen LogP) is 3.65. The molecule has 0 aliphatic carbocycles. The molecule has 3 rings (SSSR count). The third-order valence-electron chi connectivity index (χ3n) is 3.09. The molecule has 2 N–H and O–H groups in total. The van der Waals surface area contributed by atoms with Gasteiger partial charge < -0.3 is 10.3 Å². The number of imidazole rings is 1. The van der Waals surface area contributed by atoms with Gasteiger partial charge in [0.05, 0.1) is 17.6 Å². The Morgan fingerprint density at radius 3 is 2.75 bits per heavy atom. The second-order valence-electron chi connectivity index (χ2n) is 4.50. The van der Waals surface area contributed by atoms with E-state index in [0.717, 1.165) is 16.9 Å². The molecule has 0 fully saturated rings. The summed E-state index contributed by atoms with van der Waals surface area (Å²) in [5.74, 6) is 0.522. The molecule has 1 aromatic heterocycles. The van der Waals surface area contributed by atoms with Crippen molar-refractivity contribution in [3.63, 3.8) is 0 Å². The second kappa shape index (κ2) is 5.61. The molecule has 0 aliphatic rings. The summed E-state index contributed by atoms with van der Waals surface area (Å²) in [6.07, 6.45) is 0. The highest BCUT2D eigenvalue weighted by Gasteiger charge is 2.07. The number of halogens is 2. The first-order chi connectivity index (χ1) is 9.74. The number of para-hydroxylation sites is 2. The van der Waals surface area contributed by atoms with Gasteiger partial charge in [-0.2, -0.15) is 0 Å². The van der Waals surface area contributed by atoms with E-state index in [0.29, 0.717) is 23.7 Å². The highest BCUT2D eigenvalue weighted by atomic mass is 35.5. The molecule has 3 aromatic rings. The van der Waals surface area contributed by atoms with Crippen molar-refractivity contribution in [1.29, 1.82) is 0 Å². The average molecular weight is 290 g/mol. The highest BCUT2D eigenvalue weighted by molar-refractivity contribution is 6.31. The number of aromatic amines is 1. The Morgan fingerprint density at radius 1 is 1.10 bits per heavy atom. The minimum atomic E-state index is -0.297. The molecule has 0 amide bonds. The van der Waals surface area contributed by atoms with Crippen LogP contribution in [0.4, 0.5) is 4.39 Å². The Balaban J connectivity index is 1.68. The van der Waals surface area contributed by atoms with Gasteiger partial charge in [-0.15, -0.1) is 0 Å². The van der Waals surface area contributed by atoms with E-state index < -0.39 is 0 Å².